The quantitative estimate of drug-likeness (QED) is 0.941. The summed E-state index contributed by atoms with van der Waals surface area (Å²) in [6.07, 6.45) is -0.236. The molecule has 1 saturated heterocycles. The van der Waals surface area contributed by atoms with Gasteiger partial charge in [-0.05, 0) is 36.8 Å². The Morgan fingerprint density at radius 2 is 2.29 bits per heavy atom. The number of nitrogens with zero attached hydrogens (tertiary/aromatic N) is 2. The zero-order valence-electron chi connectivity index (χ0n) is 13.5. The lowest BCUT2D eigenvalue weighted by Crippen LogP contribution is -2.46. The second-order valence-corrected chi connectivity index (χ2v) is 5.72. The standard InChI is InChI=1S/C18H19N3O3/c1-13-5-6-16(24-13)17-12-21(7-8-23-17)18(22)20-11-15-4-2-3-14(9-15)10-19/h2-6,9,17H,7-8,11-12H2,1H3,(H,20,22)/t17-/m0/s1. The second kappa shape index (κ2) is 7.20. The number of ether oxygens (including phenoxy) is 1. The minimum atomic E-state index is -0.236. The van der Waals surface area contributed by atoms with Crippen LogP contribution in [0, 0.1) is 18.3 Å². The van der Waals surface area contributed by atoms with Gasteiger partial charge in [-0.2, -0.15) is 5.26 Å². The fourth-order valence-electron chi connectivity index (χ4n) is 2.67. The molecule has 1 aliphatic heterocycles. The van der Waals surface area contributed by atoms with E-state index in [0.717, 1.165) is 17.1 Å². The first kappa shape index (κ1) is 16.1. The van der Waals surface area contributed by atoms with Gasteiger partial charge in [-0.1, -0.05) is 12.1 Å². The van der Waals surface area contributed by atoms with E-state index in [1.165, 1.54) is 0 Å². The summed E-state index contributed by atoms with van der Waals surface area (Å²) in [4.78, 5) is 14.1. The van der Waals surface area contributed by atoms with Crippen molar-refractivity contribution in [1.82, 2.24) is 10.2 Å². The topological polar surface area (TPSA) is 78.5 Å². The molecular formula is C18H19N3O3. The molecule has 2 heterocycles. The van der Waals surface area contributed by atoms with Crippen LogP contribution in [0.1, 0.15) is 28.8 Å². The molecule has 2 aromatic rings. The van der Waals surface area contributed by atoms with Crippen molar-refractivity contribution in [3.05, 3.63) is 59.0 Å². The largest absolute Gasteiger partial charge is 0.464 e. The van der Waals surface area contributed by atoms with E-state index >= 15 is 0 Å². The average molecular weight is 325 g/mol. The molecule has 2 amide bonds. The lowest BCUT2D eigenvalue weighted by Gasteiger charge is -2.32. The molecule has 0 radical (unpaired) electrons. The highest BCUT2D eigenvalue weighted by molar-refractivity contribution is 5.74. The van der Waals surface area contributed by atoms with Gasteiger partial charge in [-0.25, -0.2) is 4.79 Å². The second-order valence-electron chi connectivity index (χ2n) is 5.72. The molecule has 1 aliphatic rings. The van der Waals surface area contributed by atoms with E-state index in [1.54, 1.807) is 17.0 Å². The van der Waals surface area contributed by atoms with E-state index in [0.29, 0.717) is 31.8 Å². The Bertz CT molecular complexity index is 763. The fourth-order valence-corrected chi connectivity index (χ4v) is 2.67. The van der Waals surface area contributed by atoms with E-state index < -0.39 is 0 Å². The molecule has 0 spiro atoms. The summed E-state index contributed by atoms with van der Waals surface area (Å²) in [7, 11) is 0. The van der Waals surface area contributed by atoms with Gasteiger partial charge < -0.3 is 19.4 Å². The predicted octanol–water partition coefficient (Wildman–Crippen LogP) is 2.74. The van der Waals surface area contributed by atoms with Gasteiger partial charge in [0.1, 0.15) is 17.6 Å². The van der Waals surface area contributed by atoms with Crippen LogP contribution in [0.4, 0.5) is 4.79 Å². The molecule has 6 nitrogen and oxygen atoms in total. The molecule has 1 aromatic heterocycles. The van der Waals surface area contributed by atoms with Gasteiger partial charge in [-0.3, -0.25) is 0 Å². The zero-order chi connectivity index (χ0) is 16.9. The molecule has 1 atom stereocenters. The number of hydrogen-bond acceptors (Lipinski definition) is 4. The molecule has 1 aromatic carbocycles. The highest BCUT2D eigenvalue weighted by atomic mass is 16.5. The minimum absolute atomic E-state index is 0.145. The van der Waals surface area contributed by atoms with Gasteiger partial charge in [-0.15, -0.1) is 0 Å². The minimum Gasteiger partial charge on any atom is -0.464 e. The highest BCUT2D eigenvalue weighted by Gasteiger charge is 2.27. The van der Waals surface area contributed by atoms with E-state index in [2.05, 4.69) is 11.4 Å². The molecular weight excluding hydrogens is 306 g/mol. The van der Waals surface area contributed by atoms with Crippen molar-refractivity contribution >= 4 is 6.03 Å². The van der Waals surface area contributed by atoms with Crippen LogP contribution in [0.25, 0.3) is 0 Å². The molecule has 0 aliphatic carbocycles. The highest BCUT2D eigenvalue weighted by Crippen LogP contribution is 2.24. The summed E-state index contributed by atoms with van der Waals surface area (Å²) in [5.74, 6) is 1.57. The predicted molar refractivity (Wildman–Crippen MR) is 87.1 cm³/mol. The Morgan fingerprint density at radius 3 is 3.04 bits per heavy atom. The molecule has 0 bridgehead atoms. The van der Waals surface area contributed by atoms with Crippen LogP contribution in [0.5, 0.6) is 0 Å². The van der Waals surface area contributed by atoms with Gasteiger partial charge in [0.05, 0.1) is 24.8 Å². The maximum absolute atomic E-state index is 12.4. The van der Waals surface area contributed by atoms with Gasteiger partial charge >= 0.3 is 6.03 Å². The Hall–Kier alpha value is -2.78. The van der Waals surface area contributed by atoms with Crippen molar-refractivity contribution in [3.63, 3.8) is 0 Å². The van der Waals surface area contributed by atoms with Gasteiger partial charge in [0.15, 0.2) is 0 Å². The molecule has 1 N–H and O–H groups in total. The van der Waals surface area contributed by atoms with E-state index in [1.807, 2.05) is 31.2 Å². The first-order chi connectivity index (χ1) is 11.7. The fraction of sp³-hybridized carbons (Fsp3) is 0.333. The molecule has 0 saturated carbocycles. The summed E-state index contributed by atoms with van der Waals surface area (Å²) < 4.78 is 11.3. The number of aryl methyl sites for hydroxylation is 1. The van der Waals surface area contributed by atoms with Crippen molar-refractivity contribution in [1.29, 1.82) is 5.26 Å². The van der Waals surface area contributed by atoms with Gasteiger partial charge in [0, 0.05) is 13.1 Å². The van der Waals surface area contributed by atoms with Crippen LogP contribution in [0.3, 0.4) is 0 Å². The molecule has 3 rings (SSSR count). The average Bonchev–Trinajstić information content (AvgIpc) is 3.06. The van der Waals surface area contributed by atoms with Crippen molar-refractivity contribution in [2.45, 2.75) is 19.6 Å². The first-order valence-corrected chi connectivity index (χ1v) is 7.85. The number of benzene rings is 1. The molecule has 1 fully saturated rings. The lowest BCUT2D eigenvalue weighted by molar-refractivity contribution is -0.0263. The number of morpholine rings is 1. The third-order valence-corrected chi connectivity index (χ3v) is 3.93. The van der Waals surface area contributed by atoms with Gasteiger partial charge in [0.25, 0.3) is 0 Å². The van der Waals surface area contributed by atoms with E-state index in [-0.39, 0.29) is 12.1 Å². The number of carbonyl (C=O) groups excluding carboxylic acids is 1. The monoisotopic (exact) mass is 325 g/mol. The number of amides is 2. The number of hydrogen-bond donors (Lipinski definition) is 1. The van der Waals surface area contributed by atoms with Crippen LogP contribution >= 0.6 is 0 Å². The maximum atomic E-state index is 12.4. The Kier molecular flexibility index (Phi) is 4.82. The SMILES string of the molecule is Cc1ccc([C@@H]2CN(C(=O)NCc3cccc(C#N)c3)CCO2)o1. The third kappa shape index (κ3) is 3.76. The number of nitriles is 1. The molecule has 6 heteroatoms. The molecule has 124 valence electrons. The summed E-state index contributed by atoms with van der Waals surface area (Å²) in [5.41, 5.74) is 1.48. The normalized spacial score (nSPS) is 17.3. The summed E-state index contributed by atoms with van der Waals surface area (Å²) in [6, 6.07) is 12.9. The summed E-state index contributed by atoms with van der Waals surface area (Å²) in [6.45, 7) is 3.74. The molecule has 24 heavy (non-hydrogen) atoms. The Morgan fingerprint density at radius 1 is 1.42 bits per heavy atom. The number of carbonyl (C=O) groups is 1. The van der Waals surface area contributed by atoms with Crippen LogP contribution < -0.4 is 5.32 Å². The van der Waals surface area contributed by atoms with E-state index in [9.17, 15) is 4.79 Å². The number of urea groups is 1. The maximum Gasteiger partial charge on any atom is 0.317 e. The summed E-state index contributed by atoms with van der Waals surface area (Å²) >= 11 is 0. The van der Waals surface area contributed by atoms with Crippen molar-refractivity contribution in [2.75, 3.05) is 19.7 Å². The Balaban J connectivity index is 1.57. The van der Waals surface area contributed by atoms with E-state index in [4.69, 9.17) is 14.4 Å². The number of nitrogens with one attached hydrogen (secondary N) is 1. The van der Waals surface area contributed by atoms with Crippen LogP contribution in [-0.2, 0) is 11.3 Å². The van der Waals surface area contributed by atoms with Crippen LogP contribution in [0.2, 0.25) is 0 Å². The van der Waals surface area contributed by atoms with Crippen LogP contribution in [-0.4, -0.2) is 30.6 Å². The molecule has 0 unspecified atom stereocenters. The van der Waals surface area contributed by atoms with Crippen molar-refractivity contribution in [2.24, 2.45) is 0 Å². The number of rotatable bonds is 3. The summed E-state index contributed by atoms with van der Waals surface area (Å²) in [5, 5.41) is 11.8. The Labute approximate surface area is 140 Å². The lowest BCUT2D eigenvalue weighted by atomic mass is 10.1. The number of furan rings is 1. The zero-order valence-corrected chi connectivity index (χ0v) is 13.5. The third-order valence-electron chi connectivity index (χ3n) is 3.93. The van der Waals surface area contributed by atoms with Crippen LogP contribution in [0.15, 0.2) is 40.8 Å². The first-order valence-electron chi connectivity index (χ1n) is 7.85. The van der Waals surface area contributed by atoms with Crippen molar-refractivity contribution < 1.29 is 13.9 Å². The smallest absolute Gasteiger partial charge is 0.317 e. The van der Waals surface area contributed by atoms with Crippen molar-refractivity contribution in [3.8, 4) is 6.07 Å². The van der Waals surface area contributed by atoms with Gasteiger partial charge in [0.2, 0.25) is 0 Å².